The normalized spacial score (nSPS) is 21.5. The molecule has 2 fully saturated rings. The van der Waals surface area contributed by atoms with Crippen LogP contribution in [0.3, 0.4) is 0 Å². The van der Waals surface area contributed by atoms with Crippen molar-refractivity contribution in [1.82, 2.24) is 10.2 Å². The van der Waals surface area contributed by atoms with Crippen molar-refractivity contribution in [2.75, 3.05) is 19.6 Å². The van der Waals surface area contributed by atoms with Crippen LogP contribution in [-0.2, 0) is 0 Å². The number of rotatable bonds is 4. The Morgan fingerprint density at radius 2 is 1.81 bits per heavy atom. The highest BCUT2D eigenvalue weighted by molar-refractivity contribution is 5.94. The number of nitrogens with one attached hydrogen (secondary N) is 1. The van der Waals surface area contributed by atoms with Crippen LogP contribution in [0, 0.1) is 5.92 Å². The third-order valence-electron chi connectivity index (χ3n) is 6.85. The highest BCUT2D eigenvalue weighted by Gasteiger charge is 2.32. The second kappa shape index (κ2) is 8.67. The minimum absolute atomic E-state index is 0.0509. The van der Waals surface area contributed by atoms with Gasteiger partial charge in [-0.3, -0.25) is 4.79 Å². The molecule has 31 heavy (non-hydrogen) atoms. The van der Waals surface area contributed by atoms with Gasteiger partial charge in [0.2, 0.25) is 0 Å². The quantitative estimate of drug-likeness (QED) is 0.638. The van der Waals surface area contributed by atoms with Gasteiger partial charge >= 0.3 is 5.63 Å². The van der Waals surface area contributed by atoms with E-state index in [0.29, 0.717) is 28.7 Å². The van der Waals surface area contributed by atoms with E-state index >= 15 is 0 Å². The number of carbonyl (C=O) groups is 1. The second-order valence-corrected chi connectivity index (χ2v) is 8.77. The molecule has 5 nitrogen and oxygen atoms in total. The number of amides is 1. The molecule has 2 aliphatic heterocycles. The van der Waals surface area contributed by atoms with E-state index in [0.717, 1.165) is 17.5 Å². The van der Waals surface area contributed by atoms with Gasteiger partial charge in [-0.15, -0.1) is 0 Å². The summed E-state index contributed by atoms with van der Waals surface area (Å²) in [4.78, 5) is 27.7. The van der Waals surface area contributed by atoms with Crippen LogP contribution in [0.15, 0.2) is 63.8 Å². The fourth-order valence-electron chi connectivity index (χ4n) is 5.21. The summed E-state index contributed by atoms with van der Waals surface area (Å²) in [5, 5.41) is 4.03. The molecule has 1 aromatic heterocycles. The summed E-state index contributed by atoms with van der Waals surface area (Å²) >= 11 is 0. The first-order valence-electron chi connectivity index (χ1n) is 11.3. The van der Waals surface area contributed by atoms with Gasteiger partial charge in [0.25, 0.3) is 5.91 Å². The summed E-state index contributed by atoms with van der Waals surface area (Å²) in [7, 11) is 0. The fourth-order valence-corrected chi connectivity index (χ4v) is 5.21. The molecular weight excluding hydrogens is 388 g/mol. The Labute approximate surface area is 182 Å². The van der Waals surface area contributed by atoms with Crippen LogP contribution in [0.2, 0.25) is 0 Å². The first-order valence-corrected chi connectivity index (χ1v) is 11.3. The first kappa shape index (κ1) is 20.0. The molecule has 0 bridgehead atoms. The Morgan fingerprint density at radius 3 is 2.68 bits per heavy atom. The number of fused-ring (bicyclic) bond motifs is 2. The lowest BCUT2D eigenvalue weighted by molar-refractivity contribution is 0.0575. The molecule has 160 valence electrons. The maximum Gasteiger partial charge on any atom is 0.344 e. The fraction of sp³-hybridized carbons (Fsp3) is 0.385. The molecule has 1 amide bonds. The number of benzene rings is 2. The first-order chi connectivity index (χ1) is 15.2. The van der Waals surface area contributed by atoms with E-state index in [1.807, 2.05) is 36.4 Å². The maximum atomic E-state index is 12.7. The summed E-state index contributed by atoms with van der Waals surface area (Å²) in [5.41, 5.74) is 2.08. The van der Waals surface area contributed by atoms with E-state index in [-0.39, 0.29) is 11.5 Å². The molecule has 3 heterocycles. The molecule has 0 unspecified atom stereocenters. The zero-order valence-electron chi connectivity index (χ0n) is 17.7. The van der Waals surface area contributed by atoms with E-state index in [9.17, 15) is 9.59 Å². The van der Waals surface area contributed by atoms with E-state index in [2.05, 4.69) is 10.2 Å². The Bertz CT molecular complexity index is 1130. The van der Waals surface area contributed by atoms with E-state index < -0.39 is 0 Å². The van der Waals surface area contributed by atoms with Crippen LogP contribution in [0.5, 0.6) is 0 Å². The molecule has 5 rings (SSSR count). The van der Waals surface area contributed by atoms with Crippen LogP contribution in [-0.4, -0.2) is 36.5 Å². The van der Waals surface area contributed by atoms with Crippen LogP contribution in [0.4, 0.5) is 0 Å². The lowest BCUT2D eigenvalue weighted by Crippen LogP contribution is -2.51. The van der Waals surface area contributed by atoms with Crippen molar-refractivity contribution in [3.63, 3.8) is 0 Å². The molecule has 0 radical (unpaired) electrons. The molecule has 2 aliphatic rings. The minimum Gasteiger partial charge on any atom is -0.422 e. The highest BCUT2D eigenvalue weighted by atomic mass is 16.4. The van der Waals surface area contributed by atoms with Gasteiger partial charge in [0.15, 0.2) is 0 Å². The Morgan fingerprint density at radius 1 is 1.00 bits per heavy atom. The number of nitrogens with zero attached hydrogens (tertiary/aromatic N) is 1. The third-order valence-corrected chi connectivity index (χ3v) is 6.85. The summed E-state index contributed by atoms with van der Waals surface area (Å²) in [6.45, 7) is 3.15. The smallest absolute Gasteiger partial charge is 0.344 e. The molecule has 0 spiro atoms. The SMILES string of the molecule is O=C(NC[C@H]1CCCN2CCCC[C@H]12)c1ccc(-c2cc3ccccc3oc2=O)cc1. The summed E-state index contributed by atoms with van der Waals surface area (Å²) in [6, 6.07) is 17.1. The zero-order chi connectivity index (χ0) is 21.2. The third kappa shape index (κ3) is 4.15. The van der Waals surface area contributed by atoms with Crippen LogP contribution in [0.1, 0.15) is 42.5 Å². The lowest BCUT2D eigenvalue weighted by atomic mass is 9.83. The Kier molecular flexibility index (Phi) is 5.60. The maximum absolute atomic E-state index is 12.7. The summed E-state index contributed by atoms with van der Waals surface area (Å²) < 4.78 is 5.44. The predicted molar refractivity (Wildman–Crippen MR) is 122 cm³/mol. The van der Waals surface area contributed by atoms with Gasteiger partial charge in [0.05, 0.1) is 5.56 Å². The number of hydrogen-bond donors (Lipinski definition) is 1. The Balaban J connectivity index is 1.27. The van der Waals surface area contributed by atoms with Gasteiger partial charge < -0.3 is 14.6 Å². The van der Waals surface area contributed by atoms with Gasteiger partial charge in [-0.1, -0.05) is 36.8 Å². The molecule has 2 atom stereocenters. The standard InChI is InChI=1S/C26H28N2O3/c29-25(27-17-21-7-5-15-28-14-4-3-8-23(21)28)19-12-10-18(11-13-19)22-16-20-6-1-2-9-24(20)31-26(22)30/h1-2,6,9-13,16,21,23H,3-5,7-8,14-15,17H2,(H,27,29)/t21-,23-/m1/s1. The van der Waals surface area contributed by atoms with Gasteiger partial charge in [-0.05, 0) is 74.5 Å². The lowest BCUT2D eigenvalue weighted by Gasteiger charge is -2.44. The summed E-state index contributed by atoms with van der Waals surface area (Å²) in [6.07, 6.45) is 6.27. The van der Waals surface area contributed by atoms with Crippen LogP contribution >= 0.6 is 0 Å². The van der Waals surface area contributed by atoms with Gasteiger partial charge in [-0.25, -0.2) is 4.79 Å². The molecule has 3 aromatic rings. The van der Waals surface area contributed by atoms with Crippen molar-refractivity contribution in [1.29, 1.82) is 0 Å². The monoisotopic (exact) mass is 416 g/mol. The average molecular weight is 417 g/mol. The van der Waals surface area contributed by atoms with Crippen molar-refractivity contribution in [2.45, 2.75) is 38.1 Å². The Hall–Kier alpha value is -2.92. The van der Waals surface area contributed by atoms with Crippen molar-refractivity contribution in [3.05, 3.63) is 70.6 Å². The minimum atomic E-state index is -0.370. The van der Waals surface area contributed by atoms with Crippen molar-refractivity contribution in [2.24, 2.45) is 5.92 Å². The van der Waals surface area contributed by atoms with Crippen molar-refractivity contribution < 1.29 is 9.21 Å². The molecule has 0 saturated carbocycles. The number of para-hydroxylation sites is 1. The largest absolute Gasteiger partial charge is 0.422 e. The number of piperidine rings is 2. The zero-order valence-corrected chi connectivity index (χ0v) is 17.7. The summed E-state index contributed by atoms with van der Waals surface area (Å²) in [5.74, 6) is 0.490. The number of carbonyl (C=O) groups excluding carboxylic acids is 1. The molecular formula is C26H28N2O3. The topological polar surface area (TPSA) is 62.6 Å². The van der Waals surface area contributed by atoms with Crippen molar-refractivity contribution >= 4 is 16.9 Å². The molecule has 0 aliphatic carbocycles. The van der Waals surface area contributed by atoms with E-state index in [1.165, 1.54) is 45.2 Å². The highest BCUT2D eigenvalue weighted by Crippen LogP contribution is 2.30. The van der Waals surface area contributed by atoms with Crippen molar-refractivity contribution in [3.8, 4) is 11.1 Å². The molecule has 2 saturated heterocycles. The molecule has 1 N–H and O–H groups in total. The van der Waals surface area contributed by atoms with Gasteiger partial charge in [-0.2, -0.15) is 0 Å². The van der Waals surface area contributed by atoms with Gasteiger partial charge in [0, 0.05) is 23.5 Å². The average Bonchev–Trinajstić information content (AvgIpc) is 2.82. The second-order valence-electron chi connectivity index (χ2n) is 8.77. The predicted octanol–water partition coefficient (Wildman–Crippen LogP) is 4.45. The van der Waals surface area contributed by atoms with Crippen LogP contribution < -0.4 is 10.9 Å². The molecule has 2 aromatic carbocycles. The number of hydrogen-bond acceptors (Lipinski definition) is 4. The van der Waals surface area contributed by atoms with Crippen LogP contribution in [0.25, 0.3) is 22.1 Å². The molecule has 5 heteroatoms. The van der Waals surface area contributed by atoms with E-state index in [4.69, 9.17) is 4.42 Å². The van der Waals surface area contributed by atoms with Gasteiger partial charge in [0.1, 0.15) is 5.58 Å². The van der Waals surface area contributed by atoms with E-state index in [1.54, 1.807) is 18.2 Å².